The van der Waals surface area contributed by atoms with Crippen LogP contribution in [0.5, 0.6) is 0 Å². The van der Waals surface area contributed by atoms with Crippen LogP contribution in [0.1, 0.15) is 31.9 Å². The lowest BCUT2D eigenvalue weighted by Gasteiger charge is -2.39. The first-order valence-electron chi connectivity index (χ1n) is 9.84. The molecule has 2 atom stereocenters. The second kappa shape index (κ2) is 7.61. The van der Waals surface area contributed by atoms with Crippen molar-refractivity contribution in [2.45, 2.75) is 32.4 Å². The molecule has 2 heterocycles. The van der Waals surface area contributed by atoms with Crippen molar-refractivity contribution in [3.8, 4) is 0 Å². The monoisotopic (exact) mass is 364 g/mol. The normalized spacial score (nSPS) is 22.3. The van der Waals surface area contributed by atoms with E-state index >= 15 is 0 Å². The molecule has 1 saturated heterocycles. The highest BCUT2D eigenvalue weighted by Crippen LogP contribution is 2.39. The van der Waals surface area contributed by atoms with Crippen molar-refractivity contribution in [1.82, 2.24) is 5.32 Å². The summed E-state index contributed by atoms with van der Waals surface area (Å²) in [6.07, 6.45) is 0.899. The number of nitrogens with zero attached hydrogens (tertiary/aromatic N) is 2. The number of fused-ring (bicyclic) bond motifs is 1. The van der Waals surface area contributed by atoms with Crippen LogP contribution in [0.2, 0.25) is 0 Å². The summed E-state index contributed by atoms with van der Waals surface area (Å²) in [7, 11) is 0. The fraction of sp³-hybridized carbons (Fsp3) is 0.409. The summed E-state index contributed by atoms with van der Waals surface area (Å²) in [6.45, 7) is 7.98. The first kappa shape index (κ1) is 17.9. The molecule has 1 amide bonds. The number of para-hydroxylation sites is 1. The van der Waals surface area contributed by atoms with Crippen LogP contribution in [0.4, 0.5) is 17.1 Å². The molecule has 0 saturated carbocycles. The van der Waals surface area contributed by atoms with Gasteiger partial charge in [0.05, 0.1) is 6.04 Å². The fourth-order valence-electron chi connectivity index (χ4n) is 4.32. The highest BCUT2D eigenvalue weighted by atomic mass is 16.2. The maximum absolute atomic E-state index is 12.1. The largest absolute Gasteiger partial charge is 0.378 e. The van der Waals surface area contributed by atoms with E-state index in [4.69, 9.17) is 0 Å². The second-order valence-corrected chi connectivity index (χ2v) is 7.51. The molecule has 1 fully saturated rings. The highest BCUT2D eigenvalue weighted by Gasteiger charge is 2.31. The zero-order valence-corrected chi connectivity index (χ0v) is 16.1. The van der Waals surface area contributed by atoms with Crippen LogP contribution < -0.4 is 20.4 Å². The first-order chi connectivity index (χ1) is 13.1. The van der Waals surface area contributed by atoms with Gasteiger partial charge >= 0.3 is 0 Å². The van der Waals surface area contributed by atoms with Gasteiger partial charge in [0.25, 0.3) is 0 Å². The smallest absolute Gasteiger partial charge is 0.224 e. The van der Waals surface area contributed by atoms with Gasteiger partial charge in [-0.1, -0.05) is 18.2 Å². The maximum atomic E-state index is 12.1. The van der Waals surface area contributed by atoms with Gasteiger partial charge in [-0.05, 0) is 49.2 Å². The summed E-state index contributed by atoms with van der Waals surface area (Å²) >= 11 is 0. The van der Waals surface area contributed by atoms with Crippen LogP contribution in [0, 0.1) is 0 Å². The highest BCUT2D eigenvalue weighted by molar-refractivity contribution is 5.93. The average Bonchev–Trinajstić information content (AvgIpc) is 2.69. The second-order valence-electron chi connectivity index (χ2n) is 7.51. The third-order valence-corrected chi connectivity index (χ3v) is 5.62. The molecule has 0 spiro atoms. The number of hydrogen-bond donors (Lipinski definition) is 2. The Hall–Kier alpha value is -2.53. The van der Waals surface area contributed by atoms with Gasteiger partial charge in [0.15, 0.2) is 0 Å². The van der Waals surface area contributed by atoms with Gasteiger partial charge in [-0.25, -0.2) is 0 Å². The van der Waals surface area contributed by atoms with E-state index in [0.29, 0.717) is 0 Å². The summed E-state index contributed by atoms with van der Waals surface area (Å²) in [4.78, 5) is 16.5. The van der Waals surface area contributed by atoms with Crippen molar-refractivity contribution in [1.29, 1.82) is 0 Å². The zero-order valence-electron chi connectivity index (χ0n) is 16.1. The van der Waals surface area contributed by atoms with Crippen molar-refractivity contribution in [2.75, 3.05) is 41.3 Å². The van der Waals surface area contributed by atoms with Gasteiger partial charge in [-0.2, -0.15) is 0 Å². The van der Waals surface area contributed by atoms with E-state index in [0.717, 1.165) is 44.0 Å². The molecular formula is C22H28N4O. The molecule has 4 rings (SSSR count). The Morgan fingerprint density at radius 3 is 2.48 bits per heavy atom. The lowest BCUT2D eigenvalue weighted by Crippen LogP contribution is -2.43. The molecule has 0 bridgehead atoms. The molecule has 0 aliphatic carbocycles. The Bertz CT molecular complexity index is 798. The van der Waals surface area contributed by atoms with Crippen molar-refractivity contribution in [3.63, 3.8) is 0 Å². The van der Waals surface area contributed by atoms with Gasteiger partial charge in [-0.3, -0.25) is 4.79 Å². The van der Waals surface area contributed by atoms with Crippen LogP contribution in [-0.2, 0) is 4.79 Å². The van der Waals surface area contributed by atoms with Crippen molar-refractivity contribution in [2.24, 2.45) is 0 Å². The SMILES string of the molecule is CC(=O)N1c2ccccc2C(Nc2ccc(N3CCNCC3)cc2)CC1C. The molecule has 0 radical (unpaired) electrons. The molecule has 5 heteroatoms. The number of hydrogen-bond acceptors (Lipinski definition) is 4. The Balaban J connectivity index is 1.53. The molecule has 2 aromatic rings. The molecule has 0 aromatic heterocycles. The molecule has 2 aliphatic rings. The lowest BCUT2D eigenvalue weighted by molar-refractivity contribution is -0.117. The van der Waals surface area contributed by atoms with E-state index in [2.05, 4.69) is 64.9 Å². The van der Waals surface area contributed by atoms with Crippen LogP contribution >= 0.6 is 0 Å². The number of piperazine rings is 1. The average molecular weight is 364 g/mol. The number of carbonyl (C=O) groups excluding carboxylic acids is 1. The van der Waals surface area contributed by atoms with E-state index in [1.807, 2.05) is 11.0 Å². The minimum absolute atomic E-state index is 0.105. The van der Waals surface area contributed by atoms with E-state index in [1.165, 1.54) is 11.3 Å². The van der Waals surface area contributed by atoms with Crippen molar-refractivity contribution in [3.05, 3.63) is 54.1 Å². The van der Waals surface area contributed by atoms with E-state index < -0.39 is 0 Å². The Kier molecular flexibility index (Phi) is 5.03. The quantitative estimate of drug-likeness (QED) is 0.876. The maximum Gasteiger partial charge on any atom is 0.224 e. The van der Waals surface area contributed by atoms with Crippen molar-refractivity contribution >= 4 is 23.0 Å². The third kappa shape index (κ3) is 3.65. The molecule has 27 heavy (non-hydrogen) atoms. The van der Waals surface area contributed by atoms with Gasteiger partial charge < -0.3 is 20.4 Å². The number of anilines is 3. The van der Waals surface area contributed by atoms with Crippen LogP contribution in [0.3, 0.4) is 0 Å². The predicted octanol–water partition coefficient (Wildman–Crippen LogP) is 3.39. The zero-order chi connectivity index (χ0) is 18.8. The first-order valence-corrected chi connectivity index (χ1v) is 9.84. The lowest BCUT2D eigenvalue weighted by atomic mass is 9.91. The minimum atomic E-state index is 0.105. The van der Waals surface area contributed by atoms with Gasteiger partial charge in [0, 0.05) is 56.2 Å². The van der Waals surface area contributed by atoms with Gasteiger partial charge in [-0.15, -0.1) is 0 Å². The summed E-state index contributed by atoms with van der Waals surface area (Å²) in [6, 6.07) is 17.4. The molecule has 142 valence electrons. The molecular weight excluding hydrogens is 336 g/mol. The molecule has 2 unspecified atom stereocenters. The van der Waals surface area contributed by atoms with E-state index in [9.17, 15) is 4.79 Å². The van der Waals surface area contributed by atoms with Gasteiger partial charge in [0.1, 0.15) is 0 Å². The Morgan fingerprint density at radius 1 is 1.07 bits per heavy atom. The standard InChI is InChI=1S/C22H28N4O/c1-16-15-21(20-5-3-4-6-22(20)26(16)17(2)27)24-18-7-9-19(10-8-18)25-13-11-23-12-14-25/h3-10,16,21,23-24H,11-15H2,1-2H3. The summed E-state index contributed by atoms with van der Waals surface area (Å²) in [5, 5.41) is 7.08. The van der Waals surface area contributed by atoms with Crippen molar-refractivity contribution < 1.29 is 4.79 Å². The van der Waals surface area contributed by atoms with Gasteiger partial charge in [0.2, 0.25) is 5.91 Å². The van der Waals surface area contributed by atoms with Crippen LogP contribution in [0.25, 0.3) is 0 Å². The van der Waals surface area contributed by atoms with Crippen LogP contribution in [-0.4, -0.2) is 38.1 Å². The van der Waals surface area contributed by atoms with E-state index in [1.54, 1.807) is 6.92 Å². The Morgan fingerprint density at radius 2 is 1.78 bits per heavy atom. The number of rotatable bonds is 3. The fourth-order valence-corrected chi connectivity index (χ4v) is 4.32. The predicted molar refractivity (Wildman–Crippen MR) is 112 cm³/mol. The number of benzene rings is 2. The molecule has 2 aromatic carbocycles. The third-order valence-electron chi connectivity index (χ3n) is 5.62. The topological polar surface area (TPSA) is 47.6 Å². The summed E-state index contributed by atoms with van der Waals surface area (Å²) < 4.78 is 0. The summed E-state index contributed by atoms with van der Waals surface area (Å²) in [5.41, 5.74) is 4.62. The molecule has 2 aliphatic heterocycles. The van der Waals surface area contributed by atoms with E-state index in [-0.39, 0.29) is 18.0 Å². The van der Waals surface area contributed by atoms with Crippen LogP contribution in [0.15, 0.2) is 48.5 Å². The number of carbonyl (C=O) groups is 1. The Labute approximate surface area is 161 Å². The number of amides is 1. The molecule has 2 N–H and O–H groups in total. The summed E-state index contributed by atoms with van der Waals surface area (Å²) in [5.74, 6) is 0.105. The number of nitrogens with one attached hydrogen (secondary N) is 2. The molecule has 5 nitrogen and oxygen atoms in total. The minimum Gasteiger partial charge on any atom is -0.378 e.